The number of thiazole rings is 1. The number of aromatic nitrogens is 1. The highest BCUT2D eigenvalue weighted by atomic mass is 32.1. The van der Waals surface area contributed by atoms with Gasteiger partial charge in [0.05, 0.1) is 10.2 Å². The zero-order valence-electron chi connectivity index (χ0n) is 12.7. The number of rotatable bonds is 4. The molecule has 0 spiro atoms. The van der Waals surface area contributed by atoms with Gasteiger partial charge in [-0.25, -0.2) is 4.98 Å². The Morgan fingerprint density at radius 2 is 2.00 bits per heavy atom. The molecule has 2 aromatic carbocycles. The molecule has 1 fully saturated rings. The summed E-state index contributed by atoms with van der Waals surface area (Å²) >= 11 is 1.47. The van der Waals surface area contributed by atoms with Crippen LogP contribution in [0.15, 0.2) is 48.5 Å². The van der Waals surface area contributed by atoms with E-state index in [1.54, 1.807) is 0 Å². The fourth-order valence-electron chi connectivity index (χ4n) is 2.53. The molecule has 0 bridgehead atoms. The summed E-state index contributed by atoms with van der Waals surface area (Å²) in [5, 5.41) is 3.57. The standard InChI is InChI=1S/C18H16N2O2S/c1-11-9-14(11)17(21)20-18-19-15-8-7-13(10-16(15)23-18)22-12-5-3-2-4-6-12/h2-8,10-11,14H,9H2,1H3,(H,19,20,21). The van der Waals surface area contributed by atoms with Crippen molar-refractivity contribution in [3.05, 3.63) is 48.5 Å². The van der Waals surface area contributed by atoms with Crippen molar-refractivity contribution < 1.29 is 9.53 Å². The smallest absolute Gasteiger partial charge is 0.229 e. The Labute approximate surface area is 138 Å². The number of nitrogens with zero attached hydrogens (tertiary/aromatic N) is 1. The van der Waals surface area contributed by atoms with Crippen LogP contribution in [-0.2, 0) is 4.79 Å². The summed E-state index contributed by atoms with van der Waals surface area (Å²) in [6.45, 7) is 2.09. The van der Waals surface area contributed by atoms with Gasteiger partial charge < -0.3 is 10.1 Å². The van der Waals surface area contributed by atoms with Crippen LogP contribution in [0.4, 0.5) is 5.13 Å². The second kappa shape index (κ2) is 5.66. The zero-order valence-corrected chi connectivity index (χ0v) is 13.5. The number of benzene rings is 2. The van der Waals surface area contributed by atoms with Gasteiger partial charge in [-0.05, 0) is 36.6 Å². The van der Waals surface area contributed by atoms with Crippen molar-refractivity contribution in [2.24, 2.45) is 11.8 Å². The van der Waals surface area contributed by atoms with Crippen molar-refractivity contribution in [1.82, 2.24) is 4.98 Å². The summed E-state index contributed by atoms with van der Waals surface area (Å²) < 4.78 is 6.83. The summed E-state index contributed by atoms with van der Waals surface area (Å²) in [6.07, 6.45) is 0.978. The van der Waals surface area contributed by atoms with Crippen LogP contribution in [0.2, 0.25) is 0 Å². The molecule has 5 heteroatoms. The first-order valence-corrected chi connectivity index (χ1v) is 8.45. The number of fused-ring (bicyclic) bond motifs is 1. The van der Waals surface area contributed by atoms with Gasteiger partial charge in [0.15, 0.2) is 5.13 Å². The average Bonchev–Trinajstić information content (AvgIpc) is 3.15. The summed E-state index contributed by atoms with van der Waals surface area (Å²) in [7, 11) is 0. The average molecular weight is 324 g/mol. The molecule has 116 valence electrons. The highest BCUT2D eigenvalue weighted by Crippen LogP contribution is 2.39. The number of para-hydroxylation sites is 1. The molecule has 1 aliphatic carbocycles. The Balaban J connectivity index is 1.53. The molecule has 0 radical (unpaired) electrons. The summed E-state index contributed by atoms with van der Waals surface area (Å²) in [5.41, 5.74) is 0.870. The van der Waals surface area contributed by atoms with E-state index >= 15 is 0 Å². The minimum Gasteiger partial charge on any atom is -0.457 e. The third kappa shape index (κ3) is 3.05. The van der Waals surface area contributed by atoms with Gasteiger partial charge in [-0.15, -0.1) is 0 Å². The van der Waals surface area contributed by atoms with E-state index < -0.39 is 0 Å². The maximum atomic E-state index is 12.0. The van der Waals surface area contributed by atoms with Gasteiger partial charge in [-0.2, -0.15) is 0 Å². The number of amides is 1. The Morgan fingerprint density at radius 3 is 2.74 bits per heavy atom. The molecule has 1 aliphatic rings. The van der Waals surface area contributed by atoms with Crippen LogP contribution >= 0.6 is 11.3 Å². The predicted molar refractivity (Wildman–Crippen MR) is 92.0 cm³/mol. The third-order valence-corrected chi connectivity index (χ3v) is 4.95. The summed E-state index contributed by atoms with van der Waals surface area (Å²) in [5.74, 6) is 2.29. The molecule has 0 aliphatic heterocycles. The van der Waals surface area contributed by atoms with Crippen LogP contribution in [-0.4, -0.2) is 10.9 Å². The molecule has 3 aromatic rings. The van der Waals surface area contributed by atoms with Crippen LogP contribution < -0.4 is 10.1 Å². The summed E-state index contributed by atoms with van der Waals surface area (Å²) in [6, 6.07) is 15.4. The van der Waals surface area contributed by atoms with Crippen molar-refractivity contribution in [3.63, 3.8) is 0 Å². The number of hydrogen-bond donors (Lipinski definition) is 1. The number of nitrogens with one attached hydrogen (secondary N) is 1. The maximum Gasteiger partial charge on any atom is 0.229 e. The molecule has 2 unspecified atom stereocenters. The number of carbonyl (C=O) groups excluding carboxylic acids is 1. The normalized spacial score (nSPS) is 19.5. The van der Waals surface area contributed by atoms with Gasteiger partial charge in [-0.3, -0.25) is 4.79 Å². The van der Waals surface area contributed by atoms with E-state index in [2.05, 4.69) is 17.2 Å². The lowest BCUT2D eigenvalue weighted by Gasteiger charge is -2.04. The molecule has 1 heterocycles. The monoisotopic (exact) mass is 324 g/mol. The highest BCUT2D eigenvalue weighted by Gasteiger charge is 2.39. The third-order valence-electron chi connectivity index (χ3n) is 4.02. The van der Waals surface area contributed by atoms with Gasteiger partial charge in [0, 0.05) is 12.0 Å². The van der Waals surface area contributed by atoms with Crippen LogP contribution in [0.5, 0.6) is 11.5 Å². The minimum atomic E-state index is 0.0808. The fraction of sp³-hybridized carbons (Fsp3) is 0.222. The second-order valence-corrected chi connectivity index (χ2v) is 6.90. The van der Waals surface area contributed by atoms with E-state index in [4.69, 9.17) is 4.74 Å². The molecule has 1 amide bonds. The number of anilines is 1. The van der Waals surface area contributed by atoms with E-state index in [-0.39, 0.29) is 11.8 Å². The SMILES string of the molecule is CC1CC1C(=O)Nc1nc2ccc(Oc3ccccc3)cc2s1. The number of ether oxygens (including phenoxy) is 1. The van der Waals surface area contributed by atoms with Crippen LogP contribution in [0.3, 0.4) is 0 Å². The van der Waals surface area contributed by atoms with Crippen molar-refractivity contribution in [1.29, 1.82) is 0 Å². The lowest BCUT2D eigenvalue weighted by atomic mass is 10.3. The van der Waals surface area contributed by atoms with E-state index in [1.807, 2.05) is 48.5 Å². The minimum absolute atomic E-state index is 0.0808. The van der Waals surface area contributed by atoms with Crippen molar-refractivity contribution >= 4 is 32.6 Å². The Bertz CT molecular complexity index is 860. The van der Waals surface area contributed by atoms with Gasteiger partial charge in [-0.1, -0.05) is 36.5 Å². The predicted octanol–water partition coefficient (Wildman–Crippen LogP) is 4.68. The largest absolute Gasteiger partial charge is 0.457 e. The van der Waals surface area contributed by atoms with Crippen LogP contribution in [0, 0.1) is 11.8 Å². The van der Waals surface area contributed by atoms with Crippen molar-refractivity contribution in [2.75, 3.05) is 5.32 Å². The Morgan fingerprint density at radius 1 is 1.22 bits per heavy atom. The maximum absolute atomic E-state index is 12.0. The molecule has 2 atom stereocenters. The van der Waals surface area contributed by atoms with E-state index in [1.165, 1.54) is 11.3 Å². The number of carbonyl (C=O) groups is 1. The van der Waals surface area contributed by atoms with Crippen LogP contribution in [0.25, 0.3) is 10.2 Å². The van der Waals surface area contributed by atoms with Crippen LogP contribution in [0.1, 0.15) is 13.3 Å². The van der Waals surface area contributed by atoms with Crippen molar-refractivity contribution in [3.8, 4) is 11.5 Å². The highest BCUT2D eigenvalue weighted by molar-refractivity contribution is 7.22. The molecule has 23 heavy (non-hydrogen) atoms. The number of hydrogen-bond acceptors (Lipinski definition) is 4. The molecule has 1 N–H and O–H groups in total. The quantitative estimate of drug-likeness (QED) is 0.758. The lowest BCUT2D eigenvalue weighted by Crippen LogP contribution is -2.14. The van der Waals surface area contributed by atoms with Gasteiger partial charge in [0.1, 0.15) is 11.5 Å². The first-order chi connectivity index (χ1) is 11.2. The van der Waals surface area contributed by atoms with Gasteiger partial charge in [0.25, 0.3) is 0 Å². The Hall–Kier alpha value is -2.40. The van der Waals surface area contributed by atoms with Gasteiger partial charge >= 0.3 is 0 Å². The fourth-order valence-corrected chi connectivity index (χ4v) is 3.43. The molecule has 1 aromatic heterocycles. The van der Waals surface area contributed by atoms with E-state index in [9.17, 15) is 4.79 Å². The first-order valence-electron chi connectivity index (χ1n) is 7.63. The Kier molecular flexibility index (Phi) is 3.50. The summed E-state index contributed by atoms with van der Waals surface area (Å²) in [4.78, 5) is 16.5. The van der Waals surface area contributed by atoms with E-state index in [0.29, 0.717) is 11.0 Å². The van der Waals surface area contributed by atoms with E-state index in [0.717, 1.165) is 28.1 Å². The first kappa shape index (κ1) is 14.2. The molecule has 0 saturated heterocycles. The zero-order chi connectivity index (χ0) is 15.8. The molecular weight excluding hydrogens is 308 g/mol. The lowest BCUT2D eigenvalue weighted by molar-refractivity contribution is -0.117. The molecular formula is C18H16N2O2S. The van der Waals surface area contributed by atoms with Gasteiger partial charge in [0.2, 0.25) is 5.91 Å². The second-order valence-electron chi connectivity index (χ2n) is 5.87. The van der Waals surface area contributed by atoms with Crippen molar-refractivity contribution in [2.45, 2.75) is 13.3 Å². The molecule has 4 nitrogen and oxygen atoms in total. The molecule has 1 saturated carbocycles. The molecule has 4 rings (SSSR count). The topological polar surface area (TPSA) is 51.2 Å².